The van der Waals surface area contributed by atoms with Crippen molar-refractivity contribution in [3.63, 3.8) is 0 Å². The number of piperazine rings is 1. The summed E-state index contributed by atoms with van der Waals surface area (Å²) >= 11 is 1.35. The summed E-state index contributed by atoms with van der Waals surface area (Å²) in [5.74, 6) is 0.331. The van der Waals surface area contributed by atoms with Crippen LogP contribution in [0.1, 0.15) is 63.2 Å². The average Bonchev–Trinajstić information content (AvgIpc) is 3.64. The Morgan fingerprint density at radius 1 is 1.09 bits per heavy atom. The van der Waals surface area contributed by atoms with Gasteiger partial charge in [0.1, 0.15) is 31.0 Å². The second-order valence-electron chi connectivity index (χ2n) is 14.1. The van der Waals surface area contributed by atoms with Gasteiger partial charge in [0.25, 0.3) is 0 Å². The first-order valence-electron chi connectivity index (χ1n) is 17.7. The molecule has 4 bridgehead atoms. The average molecular weight is 757 g/mol. The SMILES string of the molecule is COc1c(C)cc2c(c1O)[C@@H]1C3[C@@H]4SCC(NC(=O)OCc5ccccc5)C(=O)OC[C@@H](c5c6c(c(C)c(OC(C)=O)c54)OCO6)N3C(C#N)[C@H](C2)N1C. The number of amides is 1. The van der Waals surface area contributed by atoms with E-state index in [9.17, 15) is 24.8 Å². The fourth-order valence-corrected chi connectivity index (χ4v) is 10.5. The van der Waals surface area contributed by atoms with Gasteiger partial charge in [-0.25, -0.2) is 9.59 Å². The minimum atomic E-state index is -1.11. The molecule has 0 aliphatic carbocycles. The molecule has 0 saturated carbocycles. The lowest BCUT2D eigenvalue weighted by molar-refractivity contribution is -0.151. The van der Waals surface area contributed by atoms with Crippen LogP contribution in [-0.2, 0) is 32.1 Å². The number of nitriles is 1. The number of esters is 2. The van der Waals surface area contributed by atoms with Gasteiger partial charge in [-0.3, -0.25) is 14.6 Å². The number of carbonyl (C=O) groups excluding carboxylic acids is 3. The first-order valence-corrected chi connectivity index (χ1v) is 18.8. The van der Waals surface area contributed by atoms with Crippen LogP contribution in [0.4, 0.5) is 4.79 Å². The molecule has 3 aromatic rings. The Labute approximate surface area is 316 Å². The van der Waals surface area contributed by atoms with Crippen molar-refractivity contribution in [2.75, 3.05) is 33.3 Å². The van der Waals surface area contributed by atoms with Crippen LogP contribution in [0.25, 0.3) is 0 Å². The Balaban J connectivity index is 1.30. The van der Waals surface area contributed by atoms with E-state index in [1.807, 2.05) is 50.4 Å². The van der Waals surface area contributed by atoms with Crippen LogP contribution in [0.3, 0.4) is 0 Å². The quantitative estimate of drug-likeness (QED) is 0.275. The molecular formula is C39H40N4O10S. The molecule has 0 spiro atoms. The first kappa shape index (κ1) is 35.8. The van der Waals surface area contributed by atoms with E-state index in [2.05, 4.69) is 21.2 Å². The molecule has 7 atom stereocenters. The zero-order valence-electron chi connectivity index (χ0n) is 30.4. The number of aromatic hydroxyl groups is 1. The summed E-state index contributed by atoms with van der Waals surface area (Å²) in [4.78, 5) is 44.0. The highest BCUT2D eigenvalue weighted by Gasteiger charge is 2.60. The predicted molar refractivity (Wildman–Crippen MR) is 193 cm³/mol. The summed E-state index contributed by atoms with van der Waals surface area (Å²) in [5.41, 5.74) is 4.95. The summed E-state index contributed by atoms with van der Waals surface area (Å²) < 4.78 is 35.4. The van der Waals surface area contributed by atoms with E-state index in [1.165, 1.54) is 25.8 Å². The lowest BCUT2D eigenvalue weighted by Crippen LogP contribution is -2.69. The van der Waals surface area contributed by atoms with Crippen LogP contribution in [0.2, 0.25) is 0 Å². The molecule has 3 aromatic carbocycles. The smallest absolute Gasteiger partial charge is 0.408 e. The van der Waals surface area contributed by atoms with Crippen molar-refractivity contribution >= 4 is 29.8 Å². The van der Waals surface area contributed by atoms with Gasteiger partial charge in [0.15, 0.2) is 23.0 Å². The lowest BCUT2D eigenvalue weighted by atomic mass is 9.71. The maximum absolute atomic E-state index is 13.8. The summed E-state index contributed by atoms with van der Waals surface area (Å²) in [7, 11) is 3.47. The van der Waals surface area contributed by atoms with Gasteiger partial charge in [0.2, 0.25) is 6.79 Å². The van der Waals surface area contributed by atoms with Gasteiger partial charge >= 0.3 is 18.0 Å². The second-order valence-corrected chi connectivity index (χ2v) is 15.3. The van der Waals surface area contributed by atoms with Crippen molar-refractivity contribution in [3.8, 4) is 34.8 Å². The monoisotopic (exact) mass is 756 g/mol. The highest BCUT2D eigenvalue weighted by atomic mass is 32.2. The fraction of sp³-hybridized carbons (Fsp3) is 0.436. The topological polar surface area (TPSA) is 169 Å². The number of hydrogen-bond acceptors (Lipinski definition) is 14. The molecule has 9 rings (SSSR count). The minimum absolute atomic E-state index is 0.00542. The Kier molecular flexibility index (Phi) is 9.23. The third kappa shape index (κ3) is 5.66. The Morgan fingerprint density at radius 2 is 1.85 bits per heavy atom. The van der Waals surface area contributed by atoms with Crippen LogP contribution >= 0.6 is 11.8 Å². The van der Waals surface area contributed by atoms with Crippen LogP contribution in [0.5, 0.6) is 28.7 Å². The third-order valence-electron chi connectivity index (χ3n) is 11.2. The highest BCUT2D eigenvalue weighted by molar-refractivity contribution is 7.99. The van der Waals surface area contributed by atoms with E-state index in [-0.39, 0.29) is 37.6 Å². The van der Waals surface area contributed by atoms with E-state index in [4.69, 9.17) is 28.4 Å². The number of benzene rings is 3. The van der Waals surface area contributed by atoms with Gasteiger partial charge in [-0.2, -0.15) is 5.26 Å². The molecule has 6 heterocycles. The highest BCUT2D eigenvalue weighted by Crippen LogP contribution is 2.64. The number of nitrogens with one attached hydrogen (secondary N) is 1. The minimum Gasteiger partial charge on any atom is -0.504 e. The molecule has 0 aromatic heterocycles. The number of ether oxygens (including phenoxy) is 6. The molecule has 2 N–H and O–H groups in total. The number of nitrogens with zero attached hydrogens (tertiary/aromatic N) is 3. The number of methoxy groups -OCH3 is 1. The van der Waals surface area contributed by atoms with Crippen LogP contribution in [-0.4, -0.2) is 90.4 Å². The third-order valence-corrected chi connectivity index (χ3v) is 12.6. The van der Waals surface area contributed by atoms with Gasteiger partial charge < -0.3 is 38.8 Å². The molecule has 14 nitrogen and oxygen atoms in total. The number of phenols is 1. The summed E-state index contributed by atoms with van der Waals surface area (Å²) in [6.07, 6.45) is -0.315. The number of rotatable bonds is 5. The number of thioether (sulfide) groups is 1. The zero-order valence-corrected chi connectivity index (χ0v) is 31.2. The largest absolute Gasteiger partial charge is 0.504 e. The Bertz CT molecular complexity index is 2090. The van der Waals surface area contributed by atoms with Gasteiger partial charge in [-0.1, -0.05) is 36.4 Å². The van der Waals surface area contributed by atoms with Crippen molar-refractivity contribution in [2.24, 2.45) is 0 Å². The number of phenolic OH excluding ortho intramolecular Hbond substituents is 1. The maximum atomic E-state index is 13.8. The molecule has 2 fully saturated rings. The van der Waals surface area contributed by atoms with E-state index in [1.54, 1.807) is 6.92 Å². The van der Waals surface area contributed by atoms with Gasteiger partial charge in [0, 0.05) is 47.0 Å². The predicted octanol–water partition coefficient (Wildman–Crippen LogP) is 4.53. The lowest BCUT2D eigenvalue weighted by Gasteiger charge is -2.61. The summed E-state index contributed by atoms with van der Waals surface area (Å²) in [6.45, 7) is 4.70. The van der Waals surface area contributed by atoms with Crippen molar-refractivity contribution in [1.29, 1.82) is 5.26 Å². The Morgan fingerprint density at radius 3 is 2.57 bits per heavy atom. The van der Waals surface area contributed by atoms with Crippen molar-refractivity contribution in [2.45, 2.75) is 75.3 Å². The summed E-state index contributed by atoms with van der Waals surface area (Å²) in [6, 6.07) is 9.83. The molecule has 15 heteroatoms. The van der Waals surface area contributed by atoms with Crippen molar-refractivity contribution < 1.29 is 47.9 Å². The fourth-order valence-electron chi connectivity index (χ4n) is 8.97. The van der Waals surface area contributed by atoms with E-state index >= 15 is 0 Å². The van der Waals surface area contributed by atoms with Crippen LogP contribution in [0.15, 0.2) is 36.4 Å². The van der Waals surface area contributed by atoms with E-state index in [0.29, 0.717) is 51.7 Å². The second kappa shape index (κ2) is 13.9. The number of alkyl carbamates (subject to hydrolysis) is 1. The molecule has 282 valence electrons. The molecule has 0 radical (unpaired) electrons. The van der Waals surface area contributed by atoms with Gasteiger partial charge in [-0.05, 0) is 44.0 Å². The molecule has 6 aliphatic heterocycles. The molecule has 3 unspecified atom stereocenters. The standard InChI is InChI=1S/C39H40N4O10S/c1-18-11-22-12-24-25(13-40)43-26-15-49-38(46)23(41-39(47)50-14-21-9-7-6-8-10-21)16-54-37(31(43)30(42(24)4)27(22)32(45)33(18)48-5)29-28(26)36-35(51-17-52-36)19(2)34(29)53-20(3)44/h6-11,23-26,30-31,37,45H,12,14-17H2,1-5H3,(H,41,47)/t23?,24-,25?,26-,30+,31?,37+/m0/s1. The number of hydrogen-bond donors (Lipinski definition) is 2. The number of aryl methyl sites for hydroxylation is 1. The van der Waals surface area contributed by atoms with Gasteiger partial charge in [0.05, 0.1) is 30.5 Å². The molecule has 2 saturated heterocycles. The van der Waals surface area contributed by atoms with Crippen molar-refractivity contribution in [1.82, 2.24) is 15.1 Å². The van der Waals surface area contributed by atoms with Crippen LogP contribution in [0, 0.1) is 25.2 Å². The zero-order chi connectivity index (χ0) is 38.0. The normalized spacial score (nSPS) is 26.7. The molecular weight excluding hydrogens is 717 g/mol. The molecule has 1 amide bonds. The molecule has 6 aliphatic rings. The number of likely N-dealkylation sites (N-methyl/N-ethyl adjacent to an activating group) is 1. The summed E-state index contributed by atoms with van der Waals surface area (Å²) in [5, 5.41) is 25.0. The molecule has 54 heavy (non-hydrogen) atoms. The van der Waals surface area contributed by atoms with E-state index in [0.717, 1.165) is 16.7 Å². The van der Waals surface area contributed by atoms with E-state index < -0.39 is 53.5 Å². The number of carbonyl (C=O) groups is 3. The van der Waals surface area contributed by atoms with Crippen molar-refractivity contribution in [3.05, 3.63) is 75.3 Å². The Hall–Kier alpha value is -5.17. The first-order chi connectivity index (χ1) is 26.0. The van der Waals surface area contributed by atoms with Gasteiger partial charge in [-0.15, -0.1) is 11.8 Å². The van der Waals surface area contributed by atoms with Crippen LogP contribution < -0.4 is 24.3 Å². The number of fused-ring (bicyclic) bond motifs is 10. The maximum Gasteiger partial charge on any atom is 0.408 e.